The third-order valence-electron chi connectivity index (χ3n) is 3.91. The third-order valence-corrected chi connectivity index (χ3v) is 5.16. The molecule has 1 fully saturated rings. The van der Waals surface area contributed by atoms with Crippen LogP contribution in [0.4, 0.5) is 0 Å². The second-order valence-electron chi connectivity index (χ2n) is 6.45. The van der Waals surface area contributed by atoms with Gasteiger partial charge in [0, 0.05) is 31.8 Å². The van der Waals surface area contributed by atoms with Crippen molar-refractivity contribution in [3.8, 4) is 0 Å². The van der Waals surface area contributed by atoms with E-state index in [1.54, 1.807) is 13.1 Å². The molecule has 128 valence electrons. The molecule has 0 unspecified atom stereocenters. The lowest BCUT2D eigenvalue weighted by molar-refractivity contribution is -0.0971. The van der Waals surface area contributed by atoms with Crippen LogP contribution < -0.4 is 10.6 Å². The zero-order valence-electron chi connectivity index (χ0n) is 14.1. The van der Waals surface area contributed by atoms with E-state index in [0.29, 0.717) is 11.4 Å². The lowest BCUT2D eigenvalue weighted by atomic mass is 9.89. The maximum Gasteiger partial charge on any atom is 0.191 e. The number of rotatable bonds is 5. The molecule has 6 nitrogen and oxygen atoms in total. The molecule has 1 saturated heterocycles. The van der Waals surface area contributed by atoms with E-state index in [1.165, 1.54) is 6.26 Å². The van der Waals surface area contributed by atoms with Crippen molar-refractivity contribution in [1.29, 1.82) is 0 Å². The number of sulfone groups is 1. The minimum absolute atomic E-state index is 0.172. The molecule has 0 saturated carbocycles. The summed E-state index contributed by atoms with van der Waals surface area (Å²) in [6.07, 6.45) is 1.23. The van der Waals surface area contributed by atoms with E-state index >= 15 is 0 Å². The first kappa shape index (κ1) is 17.7. The third kappa shape index (κ3) is 4.68. The normalized spacial score (nSPS) is 17.5. The molecule has 7 heteroatoms. The Kier molecular flexibility index (Phi) is 5.31. The van der Waals surface area contributed by atoms with Gasteiger partial charge in [0.2, 0.25) is 0 Å². The van der Waals surface area contributed by atoms with Gasteiger partial charge in [0.1, 0.15) is 0 Å². The van der Waals surface area contributed by atoms with Crippen molar-refractivity contribution in [1.82, 2.24) is 10.6 Å². The molecule has 0 aromatic heterocycles. The van der Waals surface area contributed by atoms with Crippen LogP contribution in [0.2, 0.25) is 0 Å². The van der Waals surface area contributed by atoms with Gasteiger partial charge in [-0.2, -0.15) is 0 Å². The fourth-order valence-corrected chi connectivity index (χ4v) is 3.45. The highest BCUT2D eigenvalue weighted by atomic mass is 32.2. The van der Waals surface area contributed by atoms with Gasteiger partial charge in [-0.1, -0.05) is 19.1 Å². The van der Waals surface area contributed by atoms with Crippen molar-refractivity contribution in [2.45, 2.75) is 25.3 Å². The summed E-state index contributed by atoms with van der Waals surface area (Å²) in [6.45, 7) is 6.90. The largest absolute Gasteiger partial charge is 0.380 e. The van der Waals surface area contributed by atoms with E-state index in [1.807, 2.05) is 19.1 Å². The molecule has 1 heterocycles. The zero-order valence-corrected chi connectivity index (χ0v) is 15.0. The zero-order chi connectivity index (χ0) is 17.1. The van der Waals surface area contributed by atoms with Crippen LogP contribution in [0, 0.1) is 12.3 Å². The summed E-state index contributed by atoms with van der Waals surface area (Å²) >= 11 is 0. The minimum Gasteiger partial charge on any atom is -0.380 e. The SMILES string of the molecule is CN=C(NCc1ccc(S(C)(=O)=O)c(C)c1)NCC1(C)COC1. The molecule has 0 atom stereocenters. The van der Waals surface area contributed by atoms with E-state index in [9.17, 15) is 8.42 Å². The highest BCUT2D eigenvalue weighted by Gasteiger charge is 2.33. The molecule has 1 aliphatic heterocycles. The quantitative estimate of drug-likeness (QED) is 0.620. The molecule has 2 rings (SSSR count). The predicted octanol–water partition coefficient (Wildman–Crippen LogP) is 1.10. The maximum atomic E-state index is 11.6. The lowest BCUT2D eigenvalue weighted by Gasteiger charge is -2.38. The van der Waals surface area contributed by atoms with E-state index in [4.69, 9.17) is 4.74 Å². The topological polar surface area (TPSA) is 79.8 Å². The summed E-state index contributed by atoms with van der Waals surface area (Å²) in [4.78, 5) is 4.58. The van der Waals surface area contributed by atoms with Crippen molar-refractivity contribution in [2.75, 3.05) is 33.1 Å². The van der Waals surface area contributed by atoms with Crippen LogP contribution in [0.5, 0.6) is 0 Å². The average molecular weight is 339 g/mol. The number of aryl methyl sites for hydroxylation is 1. The number of hydrogen-bond acceptors (Lipinski definition) is 4. The van der Waals surface area contributed by atoms with Gasteiger partial charge < -0.3 is 15.4 Å². The van der Waals surface area contributed by atoms with E-state index in [2.05, 4.69) is 22.5 Å². The predicted molar refractivity (Wildman–Crippen MR) is 91.4 cm³/mol. The molecular weight excluding hydrogens is 314 g/mol. The Balaban J connectivity index is 1.92. The molecule has 0 amide bonds. The molecule has 1 aliphatic rings. The Labute approximate surface area is 138 Å². The van der Waals surface area contributed by atoms with Crippen molar-refractivity contribution in [3.05, 3.63) is 29.3 Å². The van der Waals surface area contributed by atoms with Crippen molar-refractivity contribution in [2.24, 2.45) is 10.4 Å². The lowest BCUT2D eigenvalue weighted by Crippen LogP contribution is -2.50. The number of aliphatic imine (C=N–C) groups is 1. The number of benzene rings is 1. The molecule has 1 aromatic carbocycles. The summed E-state index contributed by atoms with van der Waals surface area (Å²) in [5.74, 6) is 0.725. The molecule has 0 spiro atoms. The van der Waals surface area contributed by atoms with Gasteiger partial charge in [0.25, 0.3) is 0 Å². The highest BCUT2D eigenvalue weighted by molar-refractivity contribution is 7.90. The number of nitrogens with zero attached hydrogens (tertiary/aromatic N) is 1. The first-order valence-corrected chi connectivity index (χ1v) is 9.44. The molecule has 1 aromatic rings. The first-order valence-electron chi connectivity index (χ1n) is 7.55. The van der Waals surface area contributed by atoms with E-state index in [-0.39, 0.29) is 5.41 Å². The Bertz CT molecular complexity index is 695. The Hall–Kier alpha value is -1.60. The van der Waals surface area contributed by atoms with Gasteiger partial charge >= 0.3 is 0 Å². The van der Waals surface area contributed by atoms with Crippen LogP contribution in [0.15, 0.2) is 28.1 Å². The average Bonchev–Trinajstić information content (AvgIpc) is 2.44. The van der Waals surface area contributed by atoms with Gasteiger partial charge in [-0.05, 0) is 24.1 Å². The molecular formula is C16H25N3O3S. The number of guanidine groups is 1. The number of nitrogens with one attached hydrogen (secondary N) is 2. The molecule has 2 N–H and O–H groups in total. The van der Waals surface area contributed by atoms with E-state index < -0.39 is 9.84 Å². The first-order chi connectivity index (χ1) is 10.7. The molecule has 0 aliphatic carbocycles. The summed E-state index contributed by atoms with van der Waals surface area (Å²) < 4.78 is 28.5. The van der Waals surface area contributed by atoms with Crippen LogP contribution in [-0.4, -0.2) is 47.4 Å². The van der Waals surface area contributed by atoms with Gasteiger partial charge in [-0.25, -0.2) is 8.42 Å². The fourth-order valence-electron chi connectivity index (χ4n) is 2.49. The molecule has 0 bridgehead atoms. The second kappa shape index (κ2) is 6.88. The highest BCUT2D eigenvalue weighted by Crippen LogP contribution is 2.24. The van der Waals surface area contributed by atoms with Gasteiger partial charge in [-0.3, -0.25) is 4.99 Å². The van der Waals surface area contributed by atoms with Gasteiger partial charge in [0.15, 0.2) is 15.8 Å². The summed E-state index contributed by atoms with van der Waals surface area (Å²) in [7, 11) is -1.45. The van der Waals surface area contributed by atoms with Gasteiger partial charge in [-0.15, -0.1) is 0 Å². The molecule has 0 radical (unpaired) electrons. The van der Waals surface area contributed by atoms with Crippen LogP contribution >= 0.6 is 0 Å². The van der Waals surface area contributed by atoms with Crippen LogP contribution in [-0.2, 0) is 21.1 Å². The van der Waals surface area contributed by atoms with E-state index in [0.717, 1.165) is 36.8 Å². The summed E-state index contributed by atoms with van der Waals surface area (Å²) in [5.41, 5.74) is 1.94. The standard InChI is InChI=1S/C16H25N3O3S/c1-12-7-13(5-6-14(12)23(4,20)21)8-18-15(17-3)19-9-16(2)10-22-11-16/h5-7H,8-11H2,1-4H3,(H2,17,18,19). The van der Waals surface area contributed by atoms with Crippen LogP contribution in [0.25, 0.3) is 0 Å². The van der Waals surface area contributed by atoms with Crippen LogP contribution in [0.1, 0.15) is 18.1 Å². The summed E-state index contributed by atoms with van der Waals surface area (Å²) in [5, 5.41) is 6.54. The fraction of sp³-hybridized carbons (Fsp3) is 0.562. The van der Waals surface area contributed by atoms with Crippen molar-refractivity contribution < 1.29 is 13.2 Å². The Morgan fingerprint density at radius 1 is 1.35 bits per heavy atom. The smallest absolute Gasteiger partial charge is 0.191 e. The van der Waals surface area contributed by atoms with Crippen LogP contribution in [0.3, 0.4) is 0 Å². The van der Waals surface area contributed by atoms with Crippen molar-refractivity contribution in [3.63, 3.8) is 0 Å². The number of hydrogen-bond donors (Lipinski definition) is 2. The summed E-state index contributed by atoms with van der Waals surface area (Å²) in [6, 6.07) is 5.37. The Morgan fingerprint density at radius 3 is 2.52 bits per heavy atom. The Morgan fingerprint density at radius 2 is 2.04 bits per heavy atom. The van der Waals surface area contributed by atoms with Crippen molar-refractivity contribution >= 4 is 15.8 Å². The monoisotopic (exact) mass is 339 g/mol. The number of ether oxygens (including phenoxy) is 1. The molecule has 23 heavy (non-hydrogen) atoms. The van der Waals surface area contributed by atoms with Gasteiger partial charge in [0.05, 0.1) is 18.1 Å². The maximum absolute atomic E-state index is 11.6. The minimum atomic E-state index is -3.18. The second-order valence-corrected chi connectivity index (χ2v) is 8.44.